The summed E-state index contributed by atoms with van der Waals surface area (Å²) in [5, 5.41) is 2.85. The highest BCUT2D eigenvalue weighted by Gasteiger charge is 2.30. The number of benzene rings is 1. The van der Waals surface area contributed by atoms with Gasteiger partial charge in [-0.25, -0.2) is 9.97 Å². The third-order valence-corrected chi connectivity index (χ3v) is 4.36. The van der Waals surface area contributed by atoms with Crippen molar-refractivity contribution in [3.05, 3.63) is 41.1 Å². The molecule has 2 amide bonds. The predicted octanol–water partition coefficient (Wildman–Crippen LogP) is 2.44. The normalized spacial score (nSPS) is 16.7. The molecule has 7 nitrogen and oxygen atoms in total. The summed E-state index contributed by atoms with van der Waals surface area (Å²) in [4.78, 5) is 36.7. The molecule has 2 aromatic rings. The summed E-state index contributed by atoms with van der Waals surface area (Å²) in [7, 11) is 1.76. The molecule has 1 aliphatic rings. The molecule has 0 fully saturated rings. The maximum atomic E-state index is 13.0. The van der Waals surface area contributed by atoms with Crippen LogP contribution in [0, 0.1) is 0 Å². The number of halogens is 1. The average molecular weight is 404 g/mol. The molecular weight excluding hydrogens is 386 g/mol. The van der Waals surface area contributed by atoms with Crippen LogP contribution < -0.4 is 15.1 Å². The summed E-state index contributed by atoms with van der Waals surface area (Å²) in [6.07, 6.45) is 3.52. The summed E-state index contributed by atoms with van der Waals surface area (Å²) in [5.41, 5.74) is 1.35. The number of nitrogens with one attached hydrogen (secondary N) is 1. The van der Waals surface area contributed by atoms with Crippen LogP contribution in [0.5, 0.6) is 0 Å². The minimum absolute atomic E-state index is 0.0974. The lowest BCUT2D eigenvalue weighted by Crippen LogP contribution is -2.44. The molecule has 0 saturated heterocycles. The van der Waals surface area contributed by atoms with Gasteiger partial charge >= 0.3 is 0 Å². The van der Waals surface area contributed by atoms with E-state index in [0.29, 0.717) is 17.3 Å². The Balaban J connectivity index is 1.85. The number of para-hydroxylation sites is 2. The second-order valence-electron chi connectivity index (χ2n) is 5.94. The lowest BCUT2D eigenvalue weighted by atomic mass is 10.1. The maximum Gasteiger partial charge on any atom is 0.246 e. The van der Waals surface area contributed by atoms with Gasteiger partial charge in [-0.05, 0) is 35.0 Å². The molecule has 1 aromatic heterocycles. The monoisotopic (exact) mass is 403 g/mol. The van der Waals surface area contributed by atoms with Gasteiger partial charge in [-0.15, -0.1) is 0 Å². The minimum atomic E-state index is -0.240. The van der Waals surface area contributed by atoms with E-state index in [1.807, 2.05) is 25.1 Å². The standard InChI is InChI=1S/C17H18BrN5O2/c1-11-7-15(24)21-13-5-3-4-6-14(13)23(11)16(25)10-22(2)17-19-8-12(18)9-20-17/h3-6,8-9,11H,7,10H2,1-2H3,(H,21,24). The van der Waals surface area contributed by atoms with E-state index in [1.54, 1.807) is 35.3 Å². The molecule has 130 valence electrons. The first-order valence-electron chi connectivity index (χ1n) is 7.85. The number of likely N-dealkylation sites (N-methyl/N-ethyl adjacent to an activating group) is 1. The smallest absolute Gasteiger partial charge is 0.246 e. The number of fused-ring (bicyclic) bond motifs is 1. The number of nitrogens with zero attached hydrogens (tertiary/aromatic N) is 4. The van der Waals surface area contributed by atoms with Crippen molar-refractivity contribution in [2.24, 2.45) is 0 Å². The van der Waals surface area contributed by atoms with Crippen molar-refractivity contribution in [3.63, 3.8) is 0 Å². The zero-order valence-corrected chi connectivity index (χ0v) is 15.5. The molecule has 1 N–H and O–H groups in total. The molecule has 1 aromatic carbocycles. The number of carbonyl (C=O) groups excluding carboxylic acids is 2. The number of amides is 2. The fourth-order valence-electron chi connectivity index (χ4n) is 2.82. The van der Waals surface area contributed by atoms with Crippen molar-refractivity contribution in [1.82, 2.24) is 9.97 Å². The van der Waals surface area contributed by atoms with E-state index in [2.05, 4.69) is 31.2 Å². The van der Waals surface area contributed by atoms with Gasteiger partial charge in [0, 0.05) is 31.9 Å². The van der Waals surface area contributed by atoms with E-state index in [4.69, 9.17) is 0 Å². The summed E-state index contributed by atoms with van der Waals surface area (Å²) >= 11 is 3.29. The van der Waals surface area contributed by atoms with E-state index >= 15 is 0 Å². The van der Waals surface area contributed by atoms with Crippen molar-refractivity contribution >= 4 is 45.1 Å². The number of hydrogen-bond donors (Lipinski definition) is 1. The quantitative estimate of drug-likeness (QED) is 0.851. The van der Waals surface area contributed by atoms with Crippen LogP contribution in [0.15, 0.2) is 41.1 Å². The van der Waals surface area contributed by atoms with Crippen LogP contribution >= 0.6 is 15.9 Å². The molecule has 1 atom stereocenters. The van der Waals surface area contributed by atoms with Crippen molar-refractivity contribution in [1.29, 1.82) is 0 Å². The molecule has 2 heterocycles. The van der Waals surface area contributed by atoms with E-state index in [1.165, 1.54) is 0 Å². The van der Waals surface area contributed by atoms with Crippen LogP contribution in [0.3, 0.4) is 0 Å². The van der Waals surface area contributed by atoms with Crippen molar-refractivity contribution in [2.75, 3.05) is 28.7 Å². The second-order valence-corrected chi connectivity index (χ2v) is 6.86. The van der Waals surface area contributed by atoms with Gasteiger partial charge in [-0.1, -0.05) is 12.1 Å². The Bertz CT molecular complexity index is 796. The molecule has 0 saturated carbocycles. The minimum Gasteiger partial charge on any atom is -0.335 e. The topological polar surface area (TPSA) is 78.4 Å². The maximum absolute atomic E-state index is 13.0. The first-order valence-corrected chi connectivity index (χ1v) is 8.64. The Hall–Kier alpha value is -2.48. The molecule has 0 radical (unpaired) electrons. The van der Waals surface area contributed by atoms with Gasteiger partial charge in [0.15, 0.2) is 0 Å². The Labute approximate surface area is 154 Å². The van der Waals surface area contributed by atoms with Crippen molar-refractivity contribution < 1.29 is 9.59 Å². The van der Waals surface area contributed by atoms with E-state index in [0.717, 1.165) is 4.47 Å². The molecule has 0 bridgehead atoms. The third-order valence-electron chi connectivity index (χ3n) is 3.95. The SMILES string of the molecule is CC1CC(=O)Nc2ccccc2N1C(=O)CN(C)c1ncc(Br)cn1. The van der Waals surface area contributed by atoms with Gasteiger partial charge in [-0.3, -0.25) is 9.59 Å². The third kappa shape index (κ3) is 3.79. The largest absolute Gasteiger partial charge is 0.335 e. The van der Waals surface area contributed by atoms with E-state index in [9.17, 15) is 9.59 Å². The number of carbonyl (C=O) groups is 2. The van der Waals surface area contributed by atoms with Crippen LogP contribution in [0.1, 0.15) is 13.3 Å². The number of rotatable bonds is 3. The molecule has 1 unspecified atom stereocenters. The first-order chi connectivity index (χ1) is 12.0. The highest BCUT2D eigenvalue weighted by molar-refractivity contribution is 9.10. The van der Waals surface area contributed by atoms with Crippen molar-refractivity contribution in [2.45, 2.75) is 19.4 Å². The highest BCUT2D eigenvalue weighted by Crippen LogP contribution is 2.31. The van der Waals surface area contributed by atoms with Crippen LogP contribution in [0.2, 0.25) is 0 Å². The predicted molar refractivity (Wildman–Crippen MR) is 99.6 cm³/mol. The van der Waals surface area contributed by atoms with Crippen LogP contribution in [0.4, 0.5) is 17.3 Å². The number of aromatic nitrogens is 2. The molecule has 3 rings (SSSR count). The molecule has 1 aliphatic heterocycles. The Morgan fingerprint density at radius 1 is 1.36 bits per heavy atom. The number of anilines is 3. The molecule has 25 heavy (non-hydrogen) atoms. The van der Waals surface area contributed by atoms with Crippen LogP contribution in [-0.2, 0) is 9.59 Å². The van der Waals surface area contributed by atoms with Gasteiger partial charge in [0.2, 0.25) is 17.8 Å². The van der Waals surface area contributed by atoms with Gasteiger partial charge < -0.3 is 15.1 Å². The average Bonchev–Trinajstić information content (AvgIpc) is 2.69. The Morgan fingerprint density at radius 3 is 2.76 bits per heavy atom. The van der Waals surface area contributed by atoms with E-state index in [-0.39, 0.29) is 30.8 Å². The lowest BCUT2D eigenvalue weighted by molar-refractivity contribution is -0.118. The molecular formula is C17H18BrN5O2. The molecule has 8 heteroatoms. The van der Waals surface area contributed by atoms with E-state index < -0.39 is 0 Å². The van der Waals surface area contributed by atoms with Gasteiger partial charge in [0.25, 0.3) is 0 Å². The molecule has 0 aliphatic carbocycles. The van der Waals surface area contributed by atoms with Crippen LogP contribution in [0.25, 0.3) is 0 Å². The lowest BCUT2D eigenvalue weighted by Gasteiger charge is -2.29. The summed E-state index contributed by atoms with van der Waals surface area (Å²) in [6.45, 7) is 1.98. The fraction of sp³-hybridized carbons (Fsp3) is 0.294. The van der Waals surface area contributed by atoms with Gasteiger partial charge in [0.1, 0.15) is 0 Å². The summed E-state index contributed by atoms with van der Waals surface area (Å²) < 4.78 is 0.774. The van der Waals surface area contributed by atoms with Crippen LogP contribution in [-0.4, -0.2) is 41.4 Å². The summed E-state index contributed by atoms with van der Waals surface area (Å²) in [5.74, 6) is 0.242. The second kappa shape index (κ2) is 7.18. The zero-order chi connectivity index (χ0) is 18.0. The Kier molecular flexibility index (Phi) is 4.98. The molecule has 0 spiro atoms. The zero-order valence-electron chi connectivity index (χ0n) is 13.9. The fourth-order valence-corrected chi connectivity index (χ4v) is 3.02. The van der Waals surface area contributed by atoms with Crippen molar-refractivity contribution in [3.8, 4) is 0 Å². The summed E-state index contributed by atoms with van der Waals surface area (Å²) in [6, 6.07) is 7.08. The number of hydrogen-bond acceptors (Lipinski definition) is 5. The highest BCUT2D eigenvalue weighted by atomic mass is 79.9. The Morgan fingerprint density at radius 2 is 2.04 bits per heavy atom. The van der Waals surface area contributed by atoms with Gasteiger partial charge in [-0.2, -0.15) is 0 Å². The van der Waals surface area contributed by atoms with Gasteiger partial charge in [0.05, 0.1) is 22.4 Å². The first kappa shape index (κ1) is 17.3.